The minimum Gasteiger partial charge on any atom is -0.327 e. The zero-order valence-corrected chi connectivity index (χ0v) is 12.3. The third kappa shape index (κ3) is 3.17. The Balaban J connectivity index is 1.83. The average molecular weight is 326 g/mol. The van der Waals surface area contributed by atoms with Gasteiger partial charge in [0.25, 0.3) is 0 Å². The number of para-hydroxylation sites is 1. The van der Waals surface area contributed by atoms with Gasteiger partial charge in [-0.2, -0.15) is 18.3 Å². The number of fused-ring (bicyclic) bond motifs is 1. The largest absolute Gasteiger partial charge is 0.408 e. The van der Waals surface area contributed by atoms with Crippen LogP contribution < -0.4 is 5.73 Å². The maximum absolute atomic E-state index is 13.2. The fourth-order valence-electron chi connectivity index (χ4n) is 2.99. The first-order chi connectivity index (χ1) is 10.9. The molecule has 1 aliphatic rings. The molecule has 1 fully saturated rings. The molecule has 3 rings (SSSR count). The summed E-state index contributed by atoms with van der Waals surface area (Å²) in [6, 6.07) is 5.04. The summed E-state index contributed by atoms with van der Waals surface area (Å²) in [5, 5.41) is 4.93. The Morgan fingerprint density at radius 2 is 2.04 bits per heavy atom. The van der Waals surface area contributed by atoms with E-state index in [1.807, 2.05) is 12.1 Å². The van der Waals surface area contributed by atoms with E-state index in [9.17, 15) is 18.0 Å². The number of piperidine rings is 1. The van der Waals surface area contributed by atoms with Gasteiger partial charge in [-0.05, 0) is 18.9 Å². The van der Waals surface area contributed by atoms with Gasteiger partial charge in [0.1, 0.15) is 12.6 Å². The van der Waals surface area contributed by atoms with Crippen molar-refractivity contribution in [3.63, 3.8) is 0 Å². The first-order valence-electron chi connectivity index (χ1n) is 7.38. The van der Waals surface area contributed by atoms with Gasteiger partial charge in [-0.1, -0.05) is 18.2 Å². The van der Waals surface area contributed by atoms with Crippen LogP contribution in [0.25, 0.3) is 10.9 Å². The standard InChI is InChI=1S/C15H17F3N4O/c16-15(17,18)13-6-5-11(19)8-21(13)14(23)9-22-12-4-2-1-3-10(12)7-20-22/h1-4,7,11,13H,5-6,8-9,19H2. The van der Waals surface area contributed by atoms with E-state index >= 15 is 0 Å². The summed E-state index contributed by atoms with van der Waals surface area (Å²) in [5.41, 5.74) is 6.46. The van der Waals surface area contributed by atoms with Crippen LogP contribution in [0.5, 0.6) is 0 Å². The normalized spacial score (nSPS) is 22.5. The Morgan fingerprint density at radius 1 is 1.30 bits per heavy atom. The van der Waals surface area contributed by atoms with Crippen LogP contribution in [0.3, 0.4) is 0 Å². The Labute approximate surface area is 130 Å². The molecule has 2 heterocycles. The van der Waals surface area contributed by atoms with Crippen molar-refractivity contribution in [2.75, 3.05) is 6.54 Å². The van der Waals surface area contributed by atoms with Gasteiger partial charge in [0.05, 0.1) is 11.7 Å². The predicted octanol–water partition coefficient (Wildman–Crippen LogP) is 1.92. The lowest BCUT2D eigenvalue weighted by molar-refractivity contribution is -0.197. The Morgan fingerprint density at radius 3 is 2.78 bits per heavy atom. The molecule has 5 nitrogen and oxygen atoms in total. The number of alkyl halides is 3. The summed E-state index contributed by atoms with van der Waals surface area (Å²) in [4.78, 5) is 13.3. The van der Waals surface area contributed by atoms with Crippen LogP contribution in [0.1, 0.15) is 12.8 Å². The van der Waals surface area contributed by atoms with Crippen molar-refractivity contribution in [2.45, 2.75) is 37.6 Å². The fourth-order valence-corrected chi connectivity index (χ4v) is 2.99. The van der Waals surface area contributed by atoms with Crippen LogP contribution in [0.15, 0.2) is 30.5 Å². The van der Waals surface area contributed by atoms with Gasteiger partial charge in [-0.25, -0.2) is 0 Å². The van der Waals surface area contributed by atoms with Crippen LogP contribution in [0.2, 0.25) is 0 Å². The second-order valence-corrected chi connectivity index (χ2v) is 5.80. The second-order valence-electron chi connectivity index (χ2n) is 5.80. The van der Waals surface area contributed by atoms with E-state index < -0.39 is 24.2 Å². The molecule has 1 aromatic heterocycles. The molecule has 0 bridgehead atoms. The number of rotatable bonds is 2. The summed E-state index contributed by atoms with van der Waals surface area (Å²) in [6.07, 6.45) is -2.75. The molecule has 2 aromatic rings. The highest BCUT2D eigenvalue weighted by Crippen LogP contribution is 2.31. The SMILES string of the molecule is NC1CCC(C(F)(F)F)N(C(=O)Cn2ncc3ccccc32)C1. The molecule has 1 aromatic carbocycles. The fraction of sp³-hybridized carbons (Fsp3) is 0.467. The third-order valence-electron chi connectivity index (χ3n) is 4.15. The van der Waals surface area contributed by atoms with Crippen LogP contribution in [0.4, 0.5) is 13.2 Å². The number of nitrogens with two attached hydrogens (primary N) is 1. The van der Waals surface area contributed by atoms with Gasteiger partial charge < -0.3 is 10.6 Å². The van der Waals surface area contributed by atoms with Crippen LogP contribution in [0, 0.1) is 0 Å². The van der Waals surface area contributed by atoms with Crippen molar-refractivity contribution < 1.29 is 18.0 Å². The lowest BCUT2D eigenvalue weighted by Crippen LogP contribution is -2.57. The average Bonchev–Trinajstić information content (AvgIpc) is 2.89. The zero-order chi connectivity index (χ0) is 16.6. The molecular weight excluding hydrogens is 309 g/mol. The van der Waals surface area contributed by atoms with Crippen LogP contribution >= 0.6 is 0 Å². The van der Waals surface area contributed by atoms with Crippen molar-refractivity contribution in [2.24, 2.45) is 5.73 Å². The summed E-state index contributed by atoms with van der Waals surface area (Å²) in [5.74, 6) is -0.615. The molecule has 8 heteroatoms. The first-order valence-corrected chi connectivity index (χ1v) is 7.38. The zero-order valence-electron chi connectivity index (χ0n) is 12.3. The molecule has 1 saturated heterocycles. The molecule has 2 unspecified atom stereocenters. The number of amides is 1. The highest BCUT2D eigenvalue weighted by atomic mass is 19.4. The Hall–Kier alpha value is -2.09. The maximum Gasteiger partial charge on any atom is 0.408 e. The van der Waals surface area contributed by atoms with Crippen molar-refractivity contribution in [1.82, 2.24) is 14.7 Å². The van der Waals surface area contributed by atoms with Gasteiger partial charge in [-0.15, -0.1) is 0 Å². The van der Waals surface area contributed by atoms with E-state index in [1.165, 1.54) is 4.68 Å². The van der Waals surface area contributed by atoms with E-state index in [4.69, 9.17) is 5.73 Å². The lowest BCUT2D eigenvalue weighted by atomic mass is 9.98. The van der Waals surface area contributed by atoms with Gasteiger partial charge >= 0.3 is 6.18 Å². The van der Waals surface area contributed by atoms with Crippen LogP contribution in [-0.2, 0) is 11.3 Å². The molecule has 2 atom stereocenters. The van der Waals surface area contributed by atoms with E-state index in [1.54, 1.807) is 18.3 Å². The molecule has 0 radical (unpaired) electrons. The molecule has 124 valence electrons. The van der Waals surface area contributed by atoms with Gasteiger partial charge in [0.2, 0.25) is 5.91 Å². The number of halogens is 3. The molecule has 1 amide bonds. The van der Waals surface area contributed by atoms with Crippen molar-refractivity contribution in [1.29, 1.82) is 0 Å². The highest BCUT2D eigenvalue weighted by Gasteiger charge is 2.47. The highest BCUT2D eigenvalue weighted by molar-refractivity contribution is 5.82. The summed E-state index contributed by atoms with van der Waals surface area (Å²) >= 11 is 0. The number of aromatic nitrogens is 2. The molecular formula is C15H17F3N4O. The molecule has 2 N–H and O–H groups in total. The van der Waals surface area contributed by atoms with E-state index in [0.717, 1.165) is 10.3 Å². The van der Waals surface area contributed by atoms with E-state index in [2.05, 4.69) is 5.10 Å². The molecule has 1 aliphatic heterocycles. The monoisotopic (exact) mass is 326 g/mol. The topological polar surface area (TPSA) is 64.2 Å². The second kappa shape index (κ2) is 5.84. The van der Waals surface area contributed by atoms with E-state index in [-0.39, 0.29) is 25.9 Å². The minimum atomic E-state index is -4.44. The van der Waals surface area contributed by atoms with Gasteiger partial charge in [0, 0.05) is 18.0 Å². The first kappa shape index (κ1) is 15.8. The summed E-state index contributed by atoms with van der Waals surface area (Å²) in [6.45, 7) is -0.310. The maximum atomic E-state index is 13.2. The summed E-state index contributed by atoms with van der Waals surface area (Å²) < 4.78 is 40.9. The van der Waals surface area contributed by atoms with Crippen molar-refractivity contribution in [3.05, 3.63) is 30.5 Å². The smallest absolute Gasteiger partial charge is 0.327 e. The number of carbonyl (C=O) groups is 1. The minimum absolute atomic E-state index is 0.0811. The number of hydrogen-bond acceptors (Lipinski definition) is 3. The predicted molar refractivity (Wildman–Crippen MR) is 78.5 cm³/mol. The van der Waals surface area contributed by atoms with E-state index in [0.29, 0.717) is 5.52 Å². The molecule has 0 aliphatic carbocycles. The number of nitrogens with zero attached hydrogens (tertiary/aromatic N) is 3. The van der Waals surface area contributed by atoms with Crippen molar-refractivity contribution >= 4 is 16.8 Å². The number of likely N-dealkylation sites (tertiary alicyclic amines) is 1. The lowest BCUT2D eigenvalue weighted by Gasteiger charge is -2.39. The van der Waals surface area contributed by atoms with Gasteiger partial charge in [0.15, 0.2) is 0 Å². The van der Waals surface area contributed by atoms with Gasteiger partial charge in [-0.3, -0.25) is 9.48 Å². The molecule has 0 saturated carbocycles. The Kier molecular flexibility index (Phi) is 4.01. The quantitative estimate of drug-likeness (QED) is 0.917. The summed E-state index contributed by atoms with van der Waals surface area (Å²) in [7, 11) is 0. The number of hydrogen-bond donors (Lipinski definition) is 1. The molecule has 0 spiro atoms. The third-order valence-corrected chi connectivity index (χ3v) is 4.15. The van der Waals surface area contributed by atoms with Crippen molar-refractivity contribution in [3.8, 4) is 0 Å². The Bertz CT molecular complexity index is 712. The molecule has 23 heavy (non-hydrogen) atoms. The number of carbonyl (C=O) groups excluding carboxylic acids is 1. The number of benzene rings is 1. The van der Waals surface area contributed by atoms with Crippen LogP contribution in [-0.4, -0.2) is 45.4 Å².